The summed E-state index contributed by atoms with van der Waals surface area (Å²) in [6.07, 6.45) is 5.82. The minimum Gasteiger partial charge on any atom is -0.452 e. The first kappa shape index (κ1) is 23.3. The molecule has 6 rings (SSSR count). The van der Waals surface area contributed by atoms with Crippen LogP contribution >= 0.6 is 0 Å². The summed E-state index contributed by atoms with van der Waals surface area (Å²) in [5, 5.41) is 17.9. The molecule has 1 aliphatic rings. The quantitative estimate of drug-likeness (QED) is 0.356. The number of aliphatic hydroxyl groups excluding tert-OH is 1. The smallest absolute Gasteiger partial charge is 0.176 e. The molecule has 0 radical (unpaired) electrons. The van der Waals surface area contributed by atoms with Gasteiger partial charge in [0, 0.05) is 50.8 Å². The molecule has 0 unspecified atom stereocenters. The van der Waals surface area contributed by atoms with Crippen molar-refractivity contribution in [3.05, 3.63) is 66.6 Å². The van der Waals surface area contributed by atoms with E-state index in [1.54, 1.807) is 23.1 Å². The van der Waals surface area contributed by atoms with E-state index in [1.807, 2.05) is 18.3 Å². The number of aryl methyl sites for hydroxylation is 1. The molecule has 1 aromatic carbocycles. The van der Waals surface area contributed by atoms with Crippen LogP contribution in [0, 0.1) is 11.6 Å². The summed E-state index contributed by atoms with van der Waals surface area (Å²) in [5.41, 5.74) is 2.86. The van der Waals surface area contributed by atoms with E-state index in [-0.39, 0.29) is 17.9 Å². The third-order valence-electron chi connectivity index (χ3n) is 6.30. The van der Waals surface area contributed by atoms with Crippen LogP contribution in [0.5, 0.6) is 0 Å². The Labute approximate surface area is 210 Å². The molecule has 1 aliphatic heterocycles. The number of ether oxygens (including phenoxy) is 1. The zero-order valence-electron chi connectivity index (χ0n) is 19.8. The summed E-state index contributed by atoms with van der Waals surface area (Å²) in [6.45, 7) is 3.22. The number of fused-ring (bicyclic) bond motifs is 1. The molecule has 5 aromatic rings. The Morgan fingerprint density at radius 2 is 1.86 bits per heavy atom. The zero-order chi connectivity index (χ0) is 25.4. The average Bonchev–Trinajstić information content (AvgIpc) is 3.67. The van der Waals surface area contributed by atoms with Gasteiger partial charge in [0.25, 0.3) is 0 Å². The van der Waals surface area contributed by atoms with Gasteiger partial charge in [-0.1, -0.05) is 6.07 Å². The Balaban J connectivity index is 1.43. The van der Waals surface area contributed by atoms with Gasteiger partial charge < -0.3 is 19.2 Å². The second-order valence-corrected chi connectivity index (χ2v) is 8.74. The van der Waals surface area contributed by atoms with Gasteiger partial charge in [0.1, 0.15) is 22.9 Å². The summed E-state index contributed by atoms with van der Waals surface area (Å²) in [7, 11) is 0. The monoisotopic (exact) mass is 506 g/mol. The largest absolute Gasteiger partial charge is 0.452 e. The number of morpholine rings is 1. The number of anilines is 1. The van der Waals surface area contributed by atoms with Crippen LogP contribution in [0.15, 0.2) is 59.4 Å². The maximum absolute atomic E-state index is 14.3. The third-order valence-corrected chi connectivity index (χ3v) is 6.30. The highest BCUT2D eigenvalue weighted by molar-refractivity contribution is 5.91. The summed E-state index contributed by atoms with van der Waals surface area (Å²) in [5.74, 6) is -0.259. The highest BCUT2D eigenvalue weighted by atomic mass is 19.1. The summed E-state index contributed by atoms with van der Waals surface area (Å²) >= 11 is 0. The van der Waals surface area contributed by atoms with Crippen LogP contribution in [0.2, 0.25) is 0 Å². The van der Waals surface area contributed by atoms with E-state index in [0.29, 0.717) is 61.9 Å². The molecule has 190 valence electrons. The van der Waals surface area contributed by atoms with Gasteiger partial charge >= 0.3 is 0 Å². The number of hydrogen-bond acceptors (Lipinski definition) is 7. The molecular formula is C26H24F2N6O3. The minimum absolute atomic E-state index is 0.0914. The van der Waals surface area contributed by atoms with Crippen molar-refractivity contribution in [3.8, 4) is 28.4 Å². The van der Waals surface area contributed by atoms with Crippen LogP contribution in [0.25, 0.3) is 39.5 Å². The van der Waals surface area contributed by atoms with E-state index in [2.05, 4.69) is 15.1 Å². The molecule has 4 aromatic heterocycles. The van der Waals surface area contributed by atoms with Crippen molar-refractivity contribution in [1.82, 2.24) is 24.5 Å². The number of rotatable bonds is 7. The lowest BCUT2D eigenvalue weighted by Crippen LogP contribution is -2.36. The van der Waals surface area contributed by atoms with E-state index in [0.717, 1.165) is 11.3 Å². The van der Waals surface area contributed by atoms with Crippen molar-refractivity contribution in [2.45, 2.75) is 13.0 Å². The Kier molecular flexibility index (Phi) is 6.15. The zero-order valence-corrected chi connectivity index (χ0v) is 19.8. The van der Waals surface area contributed by atoms with Crippen LogP contribution in [0.3, 0.4) is 0 Å². The molecule has 0 aliphatic carbocycles. The van der Waals surface area contributed by atoms with Crippen LogP contribution in [0.1, 0.15) is 6.42 Å². The Hall–Kier alpha value is -4.09. The van der Waals surface area contributed by atoms with Gasteiger partial charge in [-0.2, -0.15) is 10.2 Å². The van der Waals surface area contributed by atoms with E-state index >= 15 is 0 Å². The number of nitrogens with zero attached hydrogens (tertiary/aromatic N) is 6. The van der Waals surface area contributed by atoms with Crippen molar-refractivity contribution >= 4 is 16.8 Å². The standard InChI is InChI=1S/C26H24F2N6O3/c27-18-3-1-4-19(28)25(18)20-5-7-34(31-20)24-14-22(32-8-11-36-12-9-32)26-21(30-24)13-23(37-26)17-15-29-33(16-17)6-2-10-35/h1,3-5,7,13-16,35H,2,6,8-12H2. The molecule has 0 atom stereocenters. The van der Waals surface area contributed by atoms with Crippen LogP contribution in [-0.4, -0.2) is 62.6 Å². The molecule has 0 amide bonds. The van der Waals surface area contributed by atoms with Gasteiger partial charge in [-0.05, 0) is 24.6 Å². The molecular weight excluding hydrogens is 482 g/mol. The molecule has 11 heteroatoms. The fourth-order valence-electron chi connectivity index (χ4n) is 4.46. The van der Waals surface area contributed by atoms with Crippen molar-refractivity contribution in [3.63, 3.8) is 0 Å². The lowest BCUT2D eigenvalue weighted by Gasteiger charge is -2.28. The van der Waals surface area contributed by atoms with Crippen molar-refractivity contribution in [1.29, 1.82) is 0 Å². The maximum Gasteiger partial charge on any atom is 0.176 e. The molecule has 0 spiro atoms. The van der Waals surface area contributed by atoms with E-state index in [1.165, 1.54) is 22.9 Å². The highest BCUT2D eigenvalue weighted by Gasteiger charge is 2.22. The van der Waals surface area contributed by atoms with Gasteiger partial charge in [-0.15, -0.1) is 0 Å². The number of aliphatic hydroxyl groups is 1. The minimum atomic E-state index is -0.679. The van der Waals surface area contributed by atoms with Gasteiger partial charge in [0.2, 0.25) is 0 Å². The lowest BCUT2D eigenvalue weighted by atomic mass is 10.1. The van der Waals surface area contributed by atoms with E-state index in [9.17, 15) is 8.78 Å². The number of benzene rings is 1. The molecule has 37 heavy (non-hydrogen) atoms. The number of halogens is 2. The fraction of sp³-hybridized carbons (Fsp3) is 0.269. The molecule has 9 nitrogen and oxygen atoms in total. The van der Waals surface area contributed by atoms with E-state index in [4.69, 9.17) is 19.2 Å². The SMILES string of the molecule is OCCCn1cc(-c2cc3nc(-n4ccc(-c5c(F)cccc5F)n4)cc(N4CCOCC4)c3o2)cn1. The van der Waals surface area contributed by atoms with Gasteiger partial charge in [-0.25, -0.2) is 18.4 Å². The van der Waals surface area contributed by atoms with Crippen LogP contribution < -0.4 is 4.90 Å². The lowest BCUT2D eigenvalue weighted by molar-refractivity contribution is 0.122. The first-order valence-electron chi connectivity index (χ1n) is 12.0. The third kappa shape index (κ3) is 4.47. The predicted octanol–water partition coefficient (Wildman–Crippen LogP) is 4.04. The summed E-state index contributed by atoms with van der Waals surface area (Å²) < 4.78 is 43.8. The number of furan rings is 1. The van der Waals surface area contributed by atoms with E-state index < -0.39 is 11.6 Å². The Morgan fingerprint density at radius 1 is 1.05 bits per heavy atom. The summed E-state index contributed by atoms with van der Waals surface area (Å²) in [6, 6.07) is 9.00. The predicted molar refractivity (Wildman–Crippen MR) is 132 cm³/mol. The van der Waals surface area contributed by atoms with Crippen molar-refractivity contribution in [2.75, 3.05) is 37.8 Å². The summed E-state index contributed by atoms with van der Waals surface area (Å²) in [4.78, 5) is 6.92. The second kappa shape index (κ2) is 9.75. The normalized spacial score (nSPS) is 14.1. The topological polar surface area (TPSA) is 94.4 Å². The van der Waals surface area contributed by atoms with Crippen molar-refractivity contribution in [2.24, 2.45) is 0 Å². The Morgan fingerprint density at radius 3 is 2.65 bits per heavy atom. The number of aromatic nitrogens is 5. The van der Waals surface area contributed by atoms with Gasteiger partial charge in [0.05, 0.1) is 41.9 Å². The van der Waals surface area contributed by atoms with Crippen molar-refractivity contribution < 1.29 is 23.0 Å². The number of hydrogen-bond donors (Lipinski definition) is 1. The fourth-order valence-corrected chi connectivity index (χ4v) is 4.46. The number of pyridine rings is 1. The molecule has 1 saturated heterocycles. The molecule has 1 N–H and O–H groups in total. The highest BCUT2D eigenvalue weighted by Crippen LogP contribution is 2.35. The van der Waals surface area contributed by atoms with Crippen LogP contribution in [-0.2, 0) is 11.3 Å². The molecule has 1 fully saturated rings. The Bertz CT molecular complexity index is 1530. The van der Waals surface area contributed by atoms with Gasteiger partial charge in [-0.3, -0.25) is 4.68 Å². The molecule has 0 bridgehead atoms. The van der Waals surface area contributed by atoms with Crippen LogP contribution in [0.4, 0.5) is 14.5 Å². The second-order valence-electron chi connectivity index (χ2n) is 8.74. The molecule has 0 saturated carbocycles. The maximum atomic E-state index is 14.3. The first-order chi connectivity index (χ1) is 18.1. The average molecular weight is 507 g/mol. The molecule has 5 heterocycles. The van der Waals surface area contributed by atoms with Gasteiger partial charge in [0.15, 0.2) is 11.4 Å². The first-order valence-corrected chi connectivity index (χ1v) is 12.0.